The molecule has 7 rings (SSSR count). The van der Waals surface area contributed by atoms with E-state index < -0.39 is 0 Å². The van der Waals surface area contributed by atoms with Crippen LogP contribution in [0.25, 0.3) is 44.7 Å². The molecule has 0 aliphatic heterocycles. The Balaban J connectivity index is 1.26. The Morgan fingerprint density at radius 1 is 0.583 bits per heavy atom. The van der Waals surface area contributed by atoms with Crippen molar-refractivity contribution in [1.82, 2.24) is 9.55 Å². The Labute approximate surface area is 284 Å². The van der Waals surface area contributed by atoms with Gasteiger partial charge in [-0.05, 0) is 110 Å². The van der Waals surface area contributed by atoms with E-state index in [4.69, 9.17) is 9.98 Å². The van der Waals surface area contributed by atoms with Crippen LogP contribution in [0.5, 0.6) is 0 Å². The van der Waals surface area contributed by atoms with E-state index in [-0.39, 0.29) is 5.54 Å². The number of aromatic nitrogens is 2. The fraction of sp³-hybridized carbons (Fsp3) is 0.156. The second-order valence-electron chi connectivity index (χ2n) is 13.3. The number of imidazole rings is 1. The maximum atomic E-state index is 5.15. The van der Waals surface area contributed by atoms with Gasteiger partial charge in [-0.1, -0.05) is 115 Å². The molecule has 6 aromatic carbocycles. The van der Waals surface area contributed by atoms with Gasteiger partial charge in [0.25, 0.3) is 0 Å². The van der Waals surface area contributed by atoms with Crippen molar-refractivity contribution in [3.63, 3.8) is 0 Å². The van der Waals surface area contributed by atoms with E-state index in [0.717, 1.165) is 39.4 Å². The fourth-order valence-electron chi connectivity index (χ4n) is 6.85. The highest BCUT2D eigenvalue weighted by molar-refractivity contribution is 6.06. The predicted molar refractivity (Wildman–Crippen MR) is 203 cm³/mol. The largest absolute Gasteiger partial charge is 0.314 e. The molecule has 0 unspecified atom stereocenters. The number of fused-ring (bicyclic) bond motifs is 1. The zero-order valence-corrected chi connectivity index (χ0v) is 28.6. The Morgan fingerprint density at radius 2 is 1.19 bits per heavy atom. The molecular formula is C45H41N3. The van der Waals surface area contributed by atoms with Gasteiger partial charge in [-0.15, -0.1) is 0 Å². The molecule has 0 N–H and O–H groups in total. The molecular weight excluding hydrogens is 583 g/mol. The van der Waals surface area contributed by atoms with Crippen molar-refractivity contribution in [3.05, 3.63) is 167 Å². The first-order valence-corrected chi connectivity index (χ1v) is 16.7. The molecule has 1 heterocycles. The zero-order chi connectivity index (χ0) is 33.4. The van der Waals surface area contributed by atoms with Crippen LogP contribution in [-0.2, 0) is 5.54 Å². The summed E-state index contributed by atoms with van der Waals surface area (Å²) in [4.78, 5) is 10.2. The second-order valence-corrected chi connectivity index (χ2v) is 13.3. The number of benzene rings is 6. The molecule has 1 aromatic heterocycles. The summed E-state index contributed by atoms with van der Waals surface area (Å²) in [6.07, 6.45) is 0. The van der Waals surface area contributed by atoms with Crippen molar-refractivity contribution < 1.29 is 0 Å². The molecule has 0 fully saturated rings. The van der Waals surface area contributed by atoms with Gasteiger partial charge in [0.1, 0.15) is 5.82 Å². The standard InChI is InChI=1S/C45H41N3/c1-30-15-7-9-17-37(30)44-47-42-21-13-14-22-43(42)48(44)45(5,6)36-27-25-34(26-28-36)35-24-23-31(2)40(29-35)39-19-11-10-18-38(39)33(4)46-41-20-12-8-16-32(41)3/h7-29H,1-6H3/b46-33+. The lowest BCUT2D eigenvalue weighted by Crippen LogP contribution is -2.28. The fourth-order valence-corrected chi connectivity index (χ4v) is 6.85. The smallest absolute Gasteiger partial charge is 0.142 e. The van der Waals surface area contributed by atoms with E-state index in [1.54, 1.807) is 0 Å². The summed E-state index contributed by atoms with van der Waals surface area (Å²) in [5.74, 6) is 0.992. The molecule has 3 heteroatoms. The Kier molecular flexibility index (Phi) is 8.14. The number of hydrogen-bond donors (Lipinski definition) is 0. The van der Waals surface area contributed by atoms with Gasteiger partial charge in [-0.25, -0.2) is 4.98 Å². The van der Waals surface area contributed by atoms with Gasteiger partial charge in [-0.3, -0.25) is 4.99 Å². The van der Waals surface area contributed by atoms with Crippen molar-refractivity contribution in [1.29, 1.82) is 0 Å². The topological polar surface area (TPSA) is 30.2 Å². The van der Waals surface area contributed by atoms with Crippen LogP contribution in [0.4, 0.5) is 5.69 Å². The minimum atomic E-state index is -0.350. The molecule has 48 heavy (non-hydrogen) atoms. The minimum absolute atomic E-state index is 0.350. The van der Waals surface area contributed by atoms with Crippen molar-refractivity contribution in [2.75, 3.05) is 0 Å². The molecule has 3 nitrogen and oxygen atoms in total. The van der Waals surface area contributed by atoms with E-state index >= 15 is 0 Å². The van der Waals surface area contributed by atoms with Crippen LogP contribution in [0.1, 0.15) is 48.6 Å². The summed E-state index contributed by atoms with van der Waals surface area (Å²) >= 11 is 0. The first kappa shape index (κ1) is 31.1. The summed E-state index contributed by atoms with van der Waals surface area (Å²) in [6, 6.07) is 49.8. The van der Waals surface area contributed by atoms with Crippen LogP contribution in [0, 0.1) is 20.8 Å². The molecule has 0 amide bonds. The van der Waals surface area contributed by atoms with Gasteiger partial charge < -0.3 is 4.57 Å². The summed E-state index contributed by atoms with van der Waals surface area (Å²) in [5, 5.41) is 0. The van der Waals surface area contributed by atoms with Crippen LogP contribution in [0.15, 0.2) is 145 Å². The third-order valence-electron chi connectivity index (χ3n) is 9.68. The zero-order valence-electron chi connectivity index (χ0n) is 28.6. The SMILES string of the molecule is C/C(=N\c1ccccc1C)c1ccccc1-c1cc(-c2ccc(C(C)(C)n3c(-c4ccccc4C)nc4ccccc43)cc2)ccc1C. The molecule has 0 atom stereocenters. The summed E-state index contributed by atoms with van der Waals surface area (Å²) < 4.78 is 2.40. The van der Waals surface area contributed by atoms with Gasteiger partial charge in [-0.2, -0.15) is 0 Å². The first-order chi connectivity index (χ1) is 23.2. The van der Waals surface area contributed by atoms with Crippen LogP contribution < -0.4 is 0 Å². The van der Waals surface area contributed by atoms with Gasteiger partial charge >= 0.3 is 0 Å². The lowest BCUT2D eigenvalue weighted by Gasteiger charge is -2.31. The van der Waals surface area contributed by atoms with Crippen molar-refractivity contribution in [2.45, 2.75) is 47.1 Å². The molecule has 236 valence electrons. The predicted octanol–water partition coefficient (Wildman–Crippen LogP) is 11.9. The van der Waals surface area contributed by atoms with Crippen molar-refractivity contribution >= 4 is 22.4 Å². The number of hydrogen-bond acceptors (Lipinski definition) is 2. The van der Waals surface area contributed by atoms with E-state index in [0.29, 0.717) is 0 Å². The van der Waals surface area contributed by atoms with E-state index in [2.05, 4.69) is 180 Å². The monoisotopic (exact) mass is 623 g/mol. The molecule has 0 radical (unpaired) electrons. The van der Waals surface area contributed by atoms with Crippen molar-refractivity contribution in [3.8, 4) is 33.6 Å². The number of nitrogens with zero attached hydrogens (tertiary/aromatic N) is 3. The van der Waals surface area contributed by atoms with E-state index in [1.807, 2.05) is 6.07 Å². The first-order valence-electron chi connectivity index (χ1n) is 16.7. The molecule has 0 saturated heterocycles. The molecule has 7 aromatic rings. The lowest BCUT2D eigenvalue weighted by molar-refractivity contribution is 0.453. The molecule has 0 aliphatic carbocycles. The number of para-hydroxylation sites is 3. The molecule has 0 saturated carbocycles. The molecule has 0 aliphatic rings. The number of aryl methyl sites for hydroxylation is 3. The van der Waals surface area contributed by atoms with Gasteiger partial charge in [0, 0.05) is 16.8 Å². The lowest BCUT2D eigenvalue weighted by atomic mass is 9.89. The maximum Gasteiger partial charge on any atom is 0.142 e. The molecule has 0 bridgehead atoms. The number of rotatable bonds is 7. The van der Waals surface area contributed by atoms with Gasteiger partial charge in [0.05, 0.1) is 22.3 Å². The van der Waals surface area contributed by atoms with E-state index in [9.17, 15) is 0 Å². The maximum absolute atomic E-state index is 5.15. The van der Waals surface area contributed by atoms with Crippen LogP contribution in [0.3, 0.4) is 0 Å². The van der Waals surface area contributed by atoms with Gasteiger partial charge in [0.15, 0.2) is 0 Å². The summed E-state index contributed by atoms with van der Waals surface area (Å²) in [7, 11) is 0. The third-order valence-corrected chi connectivity index (χ3v) is 9.68. The van der Waals surface area contributed by atoms with Crippen molar-refractivity contribution in [2.24, 2.45) is 4.99 Å². The normalized spacial score (nSPS) is 12.1. The minimum Gasteiger partial charge on any atom is -0.314 e. The second kappa shape index (κ2) is 12.6. The third kappa shape index (κ3) is 5.66. The Morgan fingerprint density at radius 3 is 1.94 bits per heavy atom. The summed E-state index contributed by atoms with van der Waals surface area (Å²) in [6.45, 7) is 13.2. The quantitative estimate of drug-likeness (QED) is 0.162. The van der Waals surface area contributed by atoms with Crippen LogP contribution in [-0.4, -0.2) is 15.3 Å². The summed E-state index contributed by atoms with van der Waals surface area (Å²) in [5.41, 5.74) is 15.8. The molecule has 0 spiro atoms. The number of aliphatic imine (C=N–C) groups is 1. The van der Waals surface area contributed by atoms with Crippen LogP contribution in [0.2, 0.25) is 0 Å². The highest BCUT2D eigenvalue weighted by Crippen LogP contribution is 2.38. The Hall–Kier alpha value is -5.54. The van der Waals surface area contributed by atoms with E-state index in [1.165, 1.54) is 44.5 Å². The van der Waals surface area contributed by atoms with Crippen LogP contribution >= 0.6 is 0 Å². The highest BCUT2D eigenvalue weighted by atomic mass is 15.1. The van der Waals surface area contributed by atoms with Gasteiger partial charge in [0.2, 0.25) is 0 Å². The average Bonchev–Trinajstić information content (AvgIpc) is 3.50. The highest BCUT2D eigenvalue weighted by Gasteiger charge is 2.29. The average molecular weight is 624 g/mol. The Bertz CT molecular complexity index is 2300.